The minimum absolute atomic E-state index is 0.169. The van der Waals surface area contributed by atoms with E-state index in [1.165, 1.54) is 22.3 Å². The Kier molecular flexibility index (Phi) is 6.99. The summed E-state index contributed by atoms with van der Waals surface area (Å²) in [5, 5.41) is 0. The number of carbonyl (C=O) groups excluding carboxylic acids is 2. The van der Waals surface area contributed by atoms with E-state index in [0.717, 1.165) is 43.7 Å². The zero-order chi connectivity index (χ0) is 21.0. The first-order valence-corrected chi connectivity index (χ1v) is 10.8. The number of nitrogens with zero attached hydrogens (tertiary/aromatic N) is 2. The minimum atomic E-state index is 0.169. The molecule has 0 radical (unpaired) electrons. The van der Waals surface area contributed by atoms with E-state index in [0.29, 0.717) is 13.1 Å². The largest absolute Gasteiger partial charge is 0.296 e. The molecule has 4 nitrogen and oxygen atoms in total. The van der Waals surface area contributed by atoms with Gasteiger partial charge in [-0.1, -0.05) is 52.0 Å². The van der Waals surface area contributed by atoms with Crippen molar-refractivity contribution in [2.45, 2.75) is 34.1 Å². The molecule has 2 aromatic carbocycles. The zero-order valence-corrected chi connectivity index (χ0v) is 18.1. The lowest BCUT2D eigenvalue weighted by atomic mass is 10.00. The Balaban J connectivity index is 1.78. The van der Waals surface area contributed by atoms with Gasteiger partial charge in [0.1, 0.15) is 0 Å². The molecule has 1 aliphatic rings. The zero-order valence-electron chi connectivity index (χ0n) is 18.1. The fourth-order valence-corrected chi connectivity index (χ4v) is 4.04. The molecule has 0 heterocycles. The van der Waals surface area contributed by atoms with E-state index in [9.17, 15) is 9.59 Å². The standard InChI is InChI=1S/C25H32N2O2/c1-5-26(6-2)16-24(28)18-9-11-22-20(13-18)15-21-14-19(10-12-23(21)22)25(29)17-27(7-3)8-4/h9-14H,5-8,15-17H2,1-4H3. The molecule has 3 rings (SSSR count). The van der Waals surface area contributed by atoms with E-state index >= 15 is 0 Å². The fraction of sp³-hybridized carbons (Fsp3) is 0.440. The molecule has 0 aliphatic heterocycles. The average molecular weight is 393 g/mol. The van der Waals surface area contributed by atoms with Crippen LogP contribution in [0.25, 0.3) is 11.1 Å². The van der Waals surface area contributed by atoms with Gasteiger partial charge in [0.05, 0.1) is 13.1 Å². The number of fused-ring (bicyclic) bond motifs is 3. The molecule has 1 aliphatic carbocycles. The van der Waals surface area contributed by atoms with E-state index in [1.54, 1.807) is 0 Å². The van der Waals surface area contributed by atoms with Crippen molar-refractivity contribution >= 4 is 11.6 Å². The number of rotatable bonds is 10. The monoisotopic (exact) mass is 392 g/mol. The smallest absolute Gasteiger partial charge is 0.176 e. The van der Waals surface area contributed by atoms with Crippen LogP contribution in [0, 0.1) is 0 Å². The van der Waals surface area contributed by atoms with Gasteiger partial charge >= 0.3 is 0 Å². The SMILES string of the molecule is CCN(CC)CC(=O)c1ccc2c(c1)Cc1cc(C(=O)CN(CC)CC)ccc1-2. The van der Waals surface area contributed by atoms with Crippen molar-refractivity contribution in [2.24, 2.45) is 0 Å². The lowest BCUT2D eigenvalue weighted by molar-refractivity contribution is 0.0930. The summed E-state index contributed by atoms with van der Waals surface area (Å²) in [6.45, 7) is 12.7. The summed E-state index contributed by atoms with van der Waals surface area (Å²) >= 11 is 0. The summed E-state index contributed by atoms with van der Waals surface area (Å²) in [7, 11) is 0. The van der Waals surface area contributed by atoms with Crippen LogP contribution in [0.5, 0.6) is 0 Å². The van der Waals surface area contributed by atoms with Gasteiger partial charge in [-0.15, -0.1) is 0 Å². The summed E-state index contributed by atoms with van der Waals surface area (Å²) in [6, 6.07) is 12.1. The highest BCUT2D eigenvalue weighted by Crippen LogP contribution is 2.37. The normalized spacial score (nSPS) is 12.3. The van der Waals surface area contributed by atoms with Crippen LogP contribution in [0.3, 0.4) is 0 Å². The highest BCUT2D eigenvalue weighted by atomic mass is 16.1. The van der Waals surface area contributed by atoms with Crippen molar-refractivity contribution in [3.63, 3.8) is 0 Å². The Morgan fingerprint density at radius 2 is 1.07 bits per heavy atom. The second-order valence-corrected chi connectivity index (χ2v) is 7.69. The molecular weight excluding hydrogens is 360 g/mol. The van der Waals surface area contributed by atoms with Crippen LogP contribution < -0.4 is 0 Å². The van der Waals surface area contributed by atoms with Crippen molar-refractivity contribution in [3.8, 4) is 11.1 Å². The van der Waals surface area contributed by atoms with Crippen molar-refractivity contribution in [2.75, 3.05) is 39.3 Å². The Morgan fingerprint density at radius 1 is 0.690 bits per heavy atom. The highest BCUT2D eigenvalue weighted by Gasteiger charge is 2.22. The van der Waals surface area contributed by atoms with Gasteiger partial charge in [-0.3, -0.25) is 19.4 Å². The third kappa shape index (κ3) is 4.65. The van der Waals surface area contributed by atoms with Crippen molar-refractivity contribution < 1.29 is 9.59 Å². The van der Waals surface area contributed by atoms with E-state index in [-0.39, 0.29) is 11.6 Å². The molecule has 4 heteroatoms. The Morgan fingerprint density at radius 3 is 1.41 bits per heavy atom. The lowest BCUT2D eigenvalue weighted by Gasteiger charge is -2.17. The van der Waals surface area contributed by atoms with Gasteiger partial charge in [0.25, 0.3) is 0 Å². The summed E-state index contributed by atoms with van der Waals surface area (Å²) in [5.74, 6) is 0.338. The van der Waals surface area contributed by atoms with E-state index < -0.39 is 0 Å². The topological polar surface area (TPSA) is 40.6 Å². The number of hydrogen-bond donors (Lipinski definition) is 0. The summed E-state index contributed by atoms with van der Waals surface area (Å²) in [5.41, 5.74) is 6.28. The van der Waals surface area contributed by atoms with E-state index in [4.69, 9.17) is 0 Å². The predicted octanol–water partition coefficient (Wildman–Crippen LogP) is 4.31. The molecule has 0 fully saturated rings. The summed E-state index contributed by atoms with van der Waals surface area (Å²) < 4.78 is 0. The molecule has 0 amide bonds. The first-order valence-electron chi connectivity index (χ1n) is 10.8. The maximum Gasteiger partial charge on any atom is 0.176 e. The molecule has 0 N–H and O–H groups in total. The maximum absolute atomic E-state index is 12.7. The van der Waals surface area contributed by atoms with Gasteiger partial charge in [-0.25, -0.2) is 0 Å². The van der Waals surface area contributed by atoms with Crippen molar-refractivity contribution in [1.82, 2.24) is 9.80 Å². The van der Waals surface area contributed by atoms with Crippen LogP contribution >= 0.6 is 0 Å². The molecule has 29 heavy (non-hydrogen) atoms. The first-order chi connectivity index (χ1) is 14.0. The van der Waals surface area contributed by atoms with Crippen LogP contribution in [-0.4, -0.2) is 60.6 Å². The van der Waals surface area contributed by atoms with E-state index in [1.807, 2.05) is 24.3 Å². The fourth-order valence-electron chi connectivity index (χ4n) is 4.04. The molecule has 0 spiro atoms. The number of ketones is 2. The molecule has 0 unspecified atom stereocenters. The average Bonchev–Trinajstić information content (AvgIpc) is 3.12. The number of Topliss-reactive ketones (excluding diaryl/α,β-unsaturated/α-hetero) is 2. The van der Waals surface area contributed by atoms with Crippen LogP contribution in [0.1, 0.15) is 59.5 Å². The number of hydrogen-bond acceptors (Lipinski definition) is 4. The molecular formula is C25H32N2O2. The van der Waals surface area contributed by atoms with Crippen LogP contribution in [0.2, 0.25) is 0 Å². The highest BCUT2D eigenvalue weighted by molar-refractivity contribution is 6.00. The molecule has 0 bridgehead atoms. The minimum Gasteiger partial charge on any atom is -0.296 e. The van der Waals surface area contributed by atoms with Crippen molar-refractivity contribution in [3.05, 3.63) is 58.7 Å². The van der Waals surface area contributed by atoms with Crippen LogP contribution in [0.15, 0.2) is 36.4 Å². The molecule has 0 atom stereocenters. The third-order valence-corrected chi connectivity index (χ3v) is 6.05. The molecule has 154 valence electrons. The second kappa shape index (κ2) is 9.47. The predicted molar refractivity (Wildman–Crippen MR) is 119 cm³/mol. The van der Waals surface area contributed by atoms with Gasteiger partial charge in [0, 0.05) is 11.1 Å². The number of likely N-dealkylation sites (N-methyl/N-ethyl adjacent to an activating group) is 2. The van der Waals surface area contributed by atoms with E-state index in [2.05, 4.69) is 49.6 Å². The Hall–Kier alpha value is -2.30. The molecule has 0 saturated carbocycles. The molecule has 0 saturated heterocycles. The quantitative estimate of drug-likeness (QED) is 0.482. The van der Waals surface area contributed by atoms with Gasteiger partial charge in [-0.05, 0) is 67.0 Å². The Bertz CT molecular complexity index is 822. The van der Waals surface area contributed by atoms with Gasteiger partial charge < -0.3 is 0 Å². The third-order valence-electron chi connectivity index (χ3n) is 6.05. The first kappa shape index (κ1) is 21.4. The van der Waals surface area contributed by atoms with Gasteiger partial charge in [0.15, 0.2) is 11.6 Å². The molecule has 2 aromatic rings. The maximum atomic E-state index is 12.7. The van der Waals surface area contributed by atoms with Crippen LogP contribution in [0.4, 0.5) is 0 Å². The molecule has 0 aromatic heterocycles. The summed E-state index contributed by atoms with van der Waals surface area (Å²) in [6.07, 6.45) is 0.781. The lowest BCUT2D eigenvalue weighted by Crippen LogP contribution is -2.29. The number of carbonyl (C=O) groups is 2. The Labute approximate surface area is 174 Å². The van der Waals surface area contributed by atoms with Gasteiger partial charge in [-0.2, -0.15) is 0 Å². The number of benzene rings is 2. The van der Waals surface area contributed by atoms with Crippen LogP contribution in [-0.2, 0) is 6.42 Å². The van der Waals surface area contributed by atoms with Gasteiger partial charge in [0.2, 0.25) is 0 Å². The second-order valence-electron chi connectivity index (χ2n) is 7.69. The summed E-state index contributed by atoms with van der Waals surface area (Å²) in [4.78, 5) is 29.6. The van der Waals surface area contributed by atoms with Crippen molar-refractivity contribution in [1.29, 1.82) is 0 Å².